The van der Waals surface area contributed by atoms with Crippen molar-refractivity contribution < 1.29 is 13.9 Å². The summed E-state index contributed by atoms with van der Waals surface area (Å²) in [7, 11) is 0. The SMILES string of the molecule is NCCc1nc(C(=O)N2CCC(Oc3ccc(F)cc3)CC2)cs1. The second-order valence-corrected chi connectivity index (χ2v) is 6.67. The van der Waals surface area contributed by atoms with Gasteiger partial charge in [0.2, 0.25) is 0 Å². The number of aromatic nitrogens is 1. The van der Waals surface area contributed by atoms with Gasteiger partial charge in [0.15, 0.2) is 0 Å². The Balaban J connectivity index is 1.52. The van der Waals surface area contributed by atoms with Crippen LogP contribution in [0.25, 0.3) is 0 Å². The summed E-state index contributed by atoms with van der Waals surface area (Å²) in [6.07, 6.45) is 2.25. The molecule has 24 heavy (non-hydrogen) atoms. The maximum atomic E-state index is 12.9. The number of hydrogen-bond donors (Lipinski definition) is 1. The van der Waals surface area contributed by atoms with Crippen LogP contribution in [0.5, 0.6) is 5.75 Å². The van der Waals surface area contributed by atoms with Gasteiger partial charge in [-0.1, -0.05) is 0 Å². The Bertz CT molecular complexity index is 681. The molecule has 7 heteroatoms. The van der Waals surface area contributed by atoms with Crippen LogP contribution < -0.4 is 10.5 Å². The van der Waals surface area contributed by atoms with Crippen molar-refractivity contribution in [1.82, 2.24) is 9.88 Å². The van der Waals surface area contributed by atoms with E-state index in [0.717, 1.165) is 17.8 Å². The maximum Gasteiger partial charge on any atom is 0.273 e. The van der Waals surface area contributed by atoms with Crippen LogP contribution in [0, 0.1) is 5.82 Å². The predicted molar refractivity (Wildman–Crippen MR) is 90.8 cm³/mol. The van der Waals surface area contributed by atoms with Crippen LogP contribution >= 0.6 is 11.3 Å². The molecule has 1 amide bonds. The van der Waals surface area contributed by atoms with Crippen molar-refractivity contribution in [2.75, 3.05) is 19.6 Å². The quantitative estimate of drug-likeness (QED) is 0.900. The smallest absolute Gasteiger partial charge is 0.273 e. The van der Waals surface area contributed by atoms with Gasteiger partial charge in [0.1, 0.15) is 23.4 Å². The minimum Gasteiger partial charge on any atom is -0.490 e. The van der Waals surface area contributed by atoms with Crippen LogP contribution in [0.2, 0.25) is 0 Å². The number of likely N-dealkylation sites (tertiary alicyclic amines) is 1. The Morgan fingerprint density at radius 1 is 1.33 bits per heavy atom. The van der Waals surface area contributed by atoms with Crippen LogP contribution in [0.1, 0.15) is 28.3 Å². The zero-order valence-electron chi connectivity index (χ0n) is 13.3. The van der Waals surface area contributed by atoms with Gasteiger partial charge in [-0.3, -0.25) is 4.79 Å². The highest BCUT2D eigenvalue weighted by Gasteiger charge is 2.26. The van der Waals surface area contributed by atoms with Crippen LogP contribution in [0.3, 0.4) is 0 Å². The van der Waals surface area contributed by atoms with E-state index in [1.807, 2.05) is 4.90 Å². The Morgan fingerprint density at radius 3 is 2.71 bits per heavy atom. The van der Waals surface area contributed by atoms with Gasteiger partial charge in [-0.05, 0) is 30.8 Å². The Kier molecular flexibility index (Phi) is 5.42. The third-order valence-electron chi connectivity index (χ3n) is 3.97. The number of carbonyl (C=O) groups is 1. The zero-order valence-corrected chi connectivity index (χ0v) is 14.1. The molecule has 0 atom stereocenters. The molecule has 3 rings (SSSR count). The van der Waals surface area contributed by atoms with Crippen LogP contribution in [0.15, 0.2) is 29.6 Å². The summed E-state index contributed by atoms with van der Waals surface area (Å²) in [6, 6.07) is 6.02. The van der Waals surface area contributed by atoms with Crippen molar-refractivity contribution in [3.8, 4) is 5.75 Å². The molecule has 0 aliphatic carbocycles. The van der Waals surface area contributed by atoms with E-state index >= 15 is 0 Å². The van der Waals surface area contributed by atoms with Gasteiger partial charge in [0, 0.05) is 37.7 Å². The Morgan fingerprint density at radius 2 is 2.04 bits per heavy atom. The van der Waals surface area contributed by atoms with Crippen molar-refractivity contribution >= 4 is 17.2 Å². The molecule has 2 N–H and O–H groups in total. The lowest BCUT2D eigenvalue weighted by atomic mass is 10.1. The summed E-state index contributed by atoms with van der Waals surface area (Å²) in [4.78, 5) is 18.6. The van der Waals surface area contributed by atoms with E-state index in [4.69, 9.17) is 10.5 Å². The molecule has 1 aromatic heterocycles. The van der Waals surface area contributed by atoms with E-state index in [2.05, 4.69) is 4.98 Å². The average Bonchev–Trinajstić information content (AvgIpc) is 3.06. The highest BCUT2D eigenvalue weighted by molar-refractivity contribution is 7.09. The molecule has 0 unspecified atom stereocenters. The number of thiazole rings is 1. The van der Waals surface area contributed by atoms with E-state index in [9.17, 15) is 9.18 Å². The number of rotatable bonds is 5. The molecular formula is C17H20FN3O2S. The summed E-state index contributed by atoms with van der Waals surface area (Å²) in [5.41, 5.74) is 6.01. The summed E-state index contributed by atoms with van der Waals surface area (Å²) in [5, 5.41) is 2.70. The molecule has 1 saturated heterocycles. The summed E-state index contributed by atoms with van der Waals surface area (Å²) < 4.78 is 18.8. The first-order chi connectivity index (χ1) is 11.7. The van der Waals surface area contributed by atoms with Gasteiger partial charge in [-0.25, -0.2) is 9.37 Å². The number of nitrogens with two attached hydrogens (primary N) is 1. The fourth-order valence-corrected chi connectivity index (χ4v) is 3.48. The topological polar surface area (TPSA) is 68.5 Å². The fraction of sp³-hybridized carbons (Fsp3) is 0.412. The minimum absolute atomic E-state index is 0.0326. The first kappa shape index (κ1) is 16.9. The molecule has 0 radical (unpaired) electrons. The average molecular weight is 349 g/mol. The van der Waals surface area contributed by atoms with Crippen molar-refractivity contribution in [2.24, 2.45) is 5.73 Å². The molecule has 2 heterocycles. The molecule has 0 bridgehead atoms. The predicted octanol–water partition coefficient (Wildman–Crippen LogP) is 2.47. The van der Waals surface area contributed by atoms with Crippen LogP contribution in [-0.2, 0) is 6.42 Å². The molecular weight excluding hydrogens is 329 g/mol. The standard InChI is InChI=1S/C17H20FN3O2S/c18-12-1-3-13(4-2-12)23-14-6-9-21(10-7-14)17(22)15-11-24-16(20-15)5-8-19/h1-4,11,14H,5-10,19H2. The molecule has 1 aliphatic heterocycles. The van der Waals surface area contributed by atoms with E-state index < -0.39 is 0 Å². The van der Waals surface area contributed by atoms with Gasteiger partial charge < -0.3 is 15.4 Å². The number of ether oxygens (including phenoxy) is 1. The number of halogens is 1. The van der Waals surface area contributed by atoms with Gasteiger partial charge in [0.25, 0.3) is 5.91 Å². The second kappa shape index (κ2) is 7.72. The molecule has 1 aliphatic rings. The first-order valence-electron chi connectivity index (χ1n) is 8.01. The summed E-state index contributed by atoms with van der Waals surface area (Å²) in [6.45, 7) is 1.80. The van der Waals surface area contributed by atoms with Gasteiger partial charge in [-0.15, -0.1) is 11.3 Å². The molecule has 1 aromatic carbocycles. The Hall–Kier alpha value is -1.99. The first-order valence-corrected chi connectivity index (χ1v) is 8.89. The lowest BCUT2D eigenvalue weighted by molar-refractivity contribution is 0.0590. The third-order valence-corrected chi connectivity index (χ3v) is 4.88. The summed E-state index contributed by atoms with van der Waals surface area (Å²) in [5.74, 6) is 0.349. The highest BCUT2D eigenvalue weighted by atomic mass is 32.1. The molecule has 0 saturated carbocycles. The molecule has 1 fully saturated rings. The molecule has 128 valence electrons. The van der Waals surface area contributed by atoms with Gasteiger partial charge >= 0.3 is 0 Å². The number of nitrogens with zero attached hydrogens (tertiary/aromatic N) is 2. The largest absolute Gasteiger partial charge is 0.490 e. The number of amides is 1. The van der Waals surface area contributed by atoms with E-state index in [0.29, 0.717) is 37.5 Å². The fourth-order valence-electron chi connectivity index (χ4n) is 2.69. The van der Waals surface area contributed by atoms with Crippen molar-refractivity contribution in [3.05, 3.63) is 46.2 Å². The number of piperidine rings is 1. The van der Waals surface area contributed by atoms with E-state index in [-0.39, 0.29) is 17.8 Å². The number of hydrogen-bond acceptors (Lipinski definition) is 5. The maximum absolute atomic E-state index is 12.9. The van der Waals surface area contributed by atoms with Gasteiger partial charge in [0.05, 0.1) is 5.01 Å². The van der Waals surface area contributed by atoms with Crippen molar-refractivity contribution in [1.29, 1.82) is 0 Å². The van der Waals surface area contributed by atoms with E-state index in [1.54, 1.807) is 17.5 Å². The van der Waals surface area contributed by atoms with Crippen LogP contribution in [-0.4, -0.2) is 41.5 Å². The normalized spacial score (nSPS) is 15.5. The minimum atomic E-state index is -0.278. The zero-order chi connectivity index (χ0) is 16.9. The molecule has 2 aromatic rings. The third kappa shape index (κ3) is 4.10. The highest BCUT2D eigenvalue weighted by Crippen LogP contribution is 2.21. The van der Waals surface area contributed by atoms with Crippen molar-refractivity contribution in [3.63, 3.8) is 0 Å². The monoisotopic (exact) mass is 349 g/mol. The van der Waals surface area contributed by atoms with Crippen LogP contribution in [0.4, 0.5) is 4.39 Å². The lowest BCUT2D eigenvalue weighted by Crippen LogP contribution is -2.41. The molecule has 0 spiro atoms. The van der Waals surface area contributed by atoms with E-state index in [1.165, 1.54) is 23.5 Å². The Labute approximate surface area is 144 Å². The number of carbonyl (C=O) groups excluding carboxylic acids is 1. The molecule has 5 nitrogen and oxygen atoms in total. The van der Waals surface area contributed by atoms with Crippen molar-refractivity contribution in [2.45, 2.75) is 25.4 Å². The van der Waals surface area contributed by atoms with Gasteiger partial charge in [-0.2, -0.15) is 0 Å². The lowest BCUT2D eigenvalue weighted by Gasteiger charge is -2.31. The second-order valence-electron chi connectivity index (χ2n) is 5.73. The summed E-state index contributed by atoms with van der Waals surface area (Å²) >= 11 is 1.48. The number of benzene rings is 1.